The lowest BCUT2D eigenvalue weighted by molar-refractivity contribution is 0.102. The minimum atomic E-state index is -4.34. The molecule has 134 valence electrons. The number of carbonyl (C=O) groups is 1. The first-order valence-electron chi connectivity index (χ1n) is 7.91. The molecule has 6 nitrogen and oxygen atoms in total. The van der Waals surface area contributed by atoms with E-state index in [-0.39, 0.29) is 16.6 Å². The second-order valence-corrected chi connectivity index (χ2v) is 7.01. The van der Waals surface area contributed by atoms with Crippen molar-refractivity contribution in [1.29, 1.82) is 0 Å². The molecule has 0 bridgehead atoms. The van der Waals surface area contributed by atoms with Crippen molar-refractivity contribution in [2.45, 2.75) is 31.1 Å². The Kier molecular flexibility index (Phi) is 6.17. The molecule has 0 saturated heterocycles. The van der Waals surface area contributed by atoms with Crippen molar-refractivity contribution in [2.75, 3.05) is 12.4 Å². The van der Waals surface area contributed by atoms with Crippen molar-refractivity contribution in [3.63, 3.8) is 0 Å². The number of ether oxygens (including phenoxy) is 1. The van der Waals surface area contributed by atoms with E-state index in [1.165, 1.54) is 24.8 Å². The highest BCUT2D eigenvalue weighted by Crippen LogP contribution is 2.28. The number of rotatable bonds is 7. The minimum Gasteiger partial charge on any atom is -0.495 e. The number of aryl methyl sites for hydroxylation is 1. The molecule has 7 heteroatoms. The summed E-state index contributed by atoms with van der Waals surface area (Å²) in [6, 6.07) is 11.1. The van der Waals surface area contributed by atoms with Crippen LogP contribution in [0.1, 0.15) is 35.7 Å². The lowest BCUT2D eigenvalue weighted by Gasteiger charge is -2.11. The fourth-order valence-corrected chi connectivity index (χ4v) is 2.83. The summed E-state index contributed by atoms with van der Waals surface area (Å²) in [6.07, 6.45) is 3.19. The Balaban J connectivity index is 2.17. The van der Waals surface area contributed by atoms with Crippen LogP contribution in [0.3, 0.4) is 0 Å². The van der Waals surface area contributed by atoms with Gasteiger partial charge in [0.25, 0.3) is 16.0 Å². The van der Waals surface area contributed by atoms with E-state index in [0.29, 0.717) is 11.3 Å². The van der Waals surface area contributed by atoms with Crippen molar-refractivity contribution in [3.05, 3.63) is 53.6 Å². The van der Waals surface area contributed by atoms with Crippen LogP contribution in [-0.2, 0) is 16.5 Å². The summed E-state index contributed by atoms with van der Waals surface area (Å²) in [7, 11) is -2.99. The molecule has 0 fully saturated rings. The van der Waals surface area contributed by atoms with E-state index in [4.69, 9.17) is 9.29 Å². The molecule has 0 aliphatic carbocycles. The molecule has 2 rings (SSSR count). The predicted molar refractivity (Wildman–Crippen MR) is 95.8 cm³/mol. The number of anilines is 1. The van der Waals surface area contributed by atoms with Gasteiger partial charge in [-0.1, -0.05) is 25.5 Å². The highest BCUT2D eigenvalue weighted by molar-refractivity contribution is 7.85. The number of amides is 1. The standard InChI is InChI=1S/C18H21NO5S/c1-3-4-5-13-6-8-14(9-7-13)18(20)19-16-11-10-15(25(21,22)23)12-17(16)24-2/h6-12H,3-5H2,1-2H3,(H,19,20)(H,21,22,23). The molecule has 0 spiro atoms. The fourth-order valence-electron chi connectivity index (χ4n) is 2.33. The second-order valence-electron chi connectivity index (χ2n) is 5.59. The van der Waals surface area contributed by atoms with E-state index >= 15 is 0 Å². The molecule has 2 N–H and O–H groups in total. The zero-order chi connectivity index (χ0) is 18.4. The molecule has 0 saturated carbocycles. The number of nitrogens with one attached hydrogen (secondary N) is 1. The number of methoxy groups -OCH3 is 1. The molecule has 0 aromatic heterocycles. The van der Waals surface area contributed by atoms with Crippen molar-refractivity contribution < 1.29 is 22.5 Å². The molecule has 2 aromatic rings. The van der Waals surface area contributed by atoms with Crippen molar-refractivity contribution in [1.82, 2.24) is 0 Å². The lowest BCUT2D eigenvalue weighted by atomic mass is 10.1. The number of carbonyl (C=O) groups excluding carboxylic acids is 1. The number of unbranched alkanes of at least 4 members (excludes halogenated alkanes) is 1. The quantitative estimate of drug-likeness (QED) is 0.734. The van der Waals surface area contributed by atoms with Gasteiger partial charge in [-0.2, -0.15) is 8.42 Å². The van der Waals surface area contributed by atoms with Crippen LogP contribution in [-0.4, -0.2) is 26.0 Å². The number of hydrogen-bond donors (Lipinski definition) is 2. The third-order valence-electron chi connectivity index (χ3n) is 3.75. The van der Waals surface area contributed by atoms with Gasteiger partial charge in [-0.3, -0.25) is 9.35 Å². The van der Waals surface area contributed by atoms with Crippen LogP contribution in [0, 0.1) is 0 Å². The van der Waals surface area contributed by atoms with Gasteiger partial charge in [-0.15, -0.1) is 0 Å². The molecule has 0 heterocycles. The van der Waals surface area contributed by atoms with E-state index in [1.807, 2.05) is 12.1 Å². The number of benzene rings is 2. The zero-order valence-corrected chi connectivity index (χ0v) is 15.0. The molecular formula is C18H21NO5S. The van der Waals surface area contributed by atoms with Crippen LogP contribution < -0.4 is 10.1 Å². The molecule has 0 radical (unpaired) electrons. The summed E-state index contributed by atoms with van der Waals surface area (Å²) in [4.78, 5) is 12.1. The Bertz CT molecular complexity index is 844. The van der Waals surface area contributed by atoms with E-state index in [1.54, 1.807) is 12.1 Å². The van der Waals surface area contributed by atoms with Crippen LogP contribution in [0.5, 0.6) is 5.75 Å². The van der Waals surface area contributed by atoms with Crippen LogP contribution in [0.15, 0.2) is 47.4 Å². The van der Waals surface area contributed by atoms with Crippen LogP contribution in [0.25, 0.3) is 0 Å². The minimum absolute atomic E-state index is 0.142. The highest BCUT2D eigenvalue weighted by atomic mass is 32.2. The molecule has 0 aliphatic rings. The maximum absolute atomic E-state index is 12.4. The Labute approximate surface area is 147 Å². The summed E-state index contributed by atoms with van der Waals surface area (Å²) >= 11 is 0. The first-order chi connectivity index (χ1) is 11.8. The first kappa shape index (κ1) is 19.0. The molecule has 1 amide bonds. The van der Waals surface area contributed by atoms with Gasteiger partial charge in [0, 0.05) is 11.6 Å². The monoisotopic (exact) mass is 363 g/mol. The smallest absolute Gasteiger partial charge is 0.294 e. The van der Waals surface area contributed by atoms with Crippen molar-refractivity contribution in [2.24, 2.45) is 0 Å². The summed E-state index contributed by atoms with van der Waals surface area (Å²) in [5, 5.41) is 2.68. The molecule has 0 atom stereocenters. The van der Waals surface area contributed by atoms with Gasteiger partial charge in [0.15, 0.2) is 0 Å². The Morgan fingerprint density at radius 2 is 1.84 bits per heavy atom. The molecule has 2 aromatic carbocycles. The molecular weight excluding hydrogens is 342 g/mol. The maximum atomic E-state index is 12.4. The van der Waals surface area contributed by atoms with Crippen LogP contribution in [0.4, 0.5) is 5.69 Å². The largest absolute Gasteiger partial charge is 0.495 e. The third kappa shape index (κ3) is 5.04. The van der Waals surface area contributed by atoms with Gasteiger partial charge in [0.2, 0.25) is 0 Å². The van der Waals surface area contributed by atoms with E-state index in [0.717, 1.165) is 25.3 Å². The highest BCUT2D eigenvalue weighted by Gasteiger charge is 2.15. The first-order valence-corrected chi connectivity index (χ1v) is 9.35. The van der Waals surface area contributed by atoms with E-state index < -0.39 is 10.1 Å². The van der Waals surface area contributed by atoms with E-state index in [9.17, 15) is 13.2 Å². The maximum Gasteiger partial charge on any atom is 0.294 e. The van der Waals surface area contributed by atoms with Gasteiger partial charge in [0.05, 0.1) is 17.7 Å². The Hall–Kier alpha value is -2.38. The van der Waals surface area contributed by atoms with E-state index in [2.05, 4.69) is 12.2 Å². The summed E-state index contributed by atoms with van der Waals surface area (Å²) in [5.74, 6) is -0.192. The second kappa shape index (κ2) is 8.13. The molecule has 0 unspecified atom stereocenters. The fraction of sp³-hybridized carbons (Fsp3) is 0.278. The zero-order valence-electron chi connectivity index (χ0n) is 14.2. The molecule has 0 aliphatic heterocycles. The lowest BCUT2D eigenvalue weighted by Crippen LogP contribution is -2.13. The third-order valence-corrected chi connectivity index (χ3v) is 4.60. The Morgan fingerprint density at radius 3 is 2.40 bits per heavy atom. The van der Waals surface area contributed by atoms with Crippen molar-refractivity contribution in [3.8, 4) is 5.75 Å². The Morgan fingerprint density at radius 1 is 1.16 bits per heavy atom. The normalized spacial score (nSPS) is 11.2. The number of hydrogen-bond acceptors (Lipinski definition) is 4. The topological polar surface area (TPSA) is 92.7 Å². The van der Waals surface area contributed by atoms with Crippen LogP contribution >= 0.6 is 0 Å². The van der Waals surface area contributed by atoms with Gasteiger partial charge >= 0.3 is 0 Å². The molecule has 25 heavy (non-hydrogen) atoms. The average Bonchev–Trinajstić information content (AvgIpc) is 2.59. The summed E-state index contributed by atoms with van der Waals surface area (Å²) in [6.45, 7) is 2.13. The van der Waals surface area contributed by atoms with Gasteiger partial charge in [0.1, 0.15) is 5.75 Å². The van der Waals surface area contributed by atoms with Crippen molar-refractivity contribution >= 4 is 21.7 Å². The summed E-state index contributed by atoms with van der Waals surface area (Å²) in [5.41, 5.74) is 1.98. The average molecular weight is 363 g/mol. The van der Waals surface area contributed by atoms with Gasteiger partial charge < -0.3 is 10.1 Å². The van der Waals surface area contributed by atoms with Gasteiger partial charge in [-0.05, 0) is 42.7 Å². The predicted octanol–water partition coefficient (Wildman–Crippen LogP) is 3.54. The summed E-state index contributed by atoms with van der Waals surface area (Å²) < 4.78 is 36.5. The SMILES string of the molecule is CCCCc1ccc(C(=O)Nc2ccc(S(=O)(=O)O)cc2OC)cc1. The van der Waals surface area contributed by atoms with Gasteiger partial charge in [-0.25, -0.2) is 0 Å². The van der Waals surface area contributed by atoms with Crippen LogP contribution in [0.2, 0.25) is 0 Å².